The summed E-state index contributed by atoms with van der Waals surface area (Å²) in [6, 6.07) is 15.7. The Kier molecular flexibility index (Phi) is 4.56. The molecule has 0 fully saturated rings. The molecule has 6 heteroatoms. The molecule has 0 amide bonds. The van der Waals surface area contributed by atoms with Crippen LogP contribution in [0.15, 0.2) is 59.7 Å². The second-order valence-corrected chi connectivity index (χ2v) is 5.56. The van der Waals surface area contributed by atoms with E-state index in [9.17, 15) is 0 Å². The highest BCUT2D eigenvalue weighted by molar-refractivity contribution is 5.92. The molecule has 2 aromatic heterocycles. The number of guanidine groups is 1. The van der Waals surface area contributed by atoms with Crippen LogP contribution in [0.4, 0.5) is 5.69 Å². The molecule has 122 valence electrons. The predicted molar refractivity (Wildman–Crippen MR) is 96.2 cm³/mol. The van der Waals surface area contributed by atoms with Gasteiger partial charge >= 0.3 is 0 Å². The lowest BCUT2D eigenvalue weighted by molar-refractivity contribution is 0.803. The maximum absolute atomic E-state index is 5.90. The molecule has 2 heterocycles. The second kappa shape index (κ2) is 6.95. The molecule has 3 N–H and O–H groups in total. The van der Waals surface area contributed by atoms with E-state index in [4.69, 9.17) is 5.73 Å². The van der Waals surface area contributed by atoms with E-state index in [2.05, 4.69) is 20.4 Å². The Balaban J connectivity index is 1.66. The van der Waals surface area contributed by atoms with Crippen molar-refractivity contribution < 1.29 is 0 Å². The first-order chi connectivity index (χ1) is 11.6. The van der Waals surface area contributed by atoms with Gasteiger partial charge in [-0.25, -0.2) is 14.7 Å². The van der Waals surface area contributed by atoms with Gasteiger partial charge in [0.05, 0.1) is 12.2 Å². The van der Waals surface area contributed by atoms with Crippen molar-refractivity contribution in [1.82, 2.24) is 14.8 Å². The maximum atomic E-state index is 5.90. The number of aryl methyl sites for hydroxylation is 2. The number of nitrogens with two attached hydrogens (primary N) is 1. The lowest BCUT2D eigenvalue weighted by atomic mass is 10.3. The minimum Gasteiger partial charge on any atom is -0.370 e. The third-order valence-electron chi connectivity index (χ3n) is 3.51. The summed E-state index contributed by atoms with van der Waals surface area (Å²) in [7, 11) is 0. The third-order valence-corrected chi connectivity index (χ3v) is 3.51. The molecule has 0 spiro atoms. The summed E-state index contributed by atoms with van der Waals surface area (Å²) in [6.45, 7) is 4.45. The van der Waals surface area contributed by atoms with E-state index in [-0.39, 0.29) is 0 Å². The van der Waals surface area contributed by atoms with Crippen LogP contribution in [0.2, 0.25) is 0 Å². The van der Waals surface area contributed by atoms with Crippen molar-refractivity contribution in [1.29, 1.82) is 0 Å². The van der Waals surface area contributed by atoms with Gasteiger partial charge in [0.2, 0.25) is 0 Å². The fraction of sp³-hybridized carbons (Fsp3) is 0.167. The van der Waals surface area contributed by atoms with Gasteiger partial charge in [-0.05, 0) is 43.7 Å². The maximum Gasteiger partial charge on any atom is 0.193 e. The number of nitrogens with one attached hydrogen (secondary N) is 1. The van der Waals surface area contributed by atoms with Gasteiger partial charge in [-0.1, -0.05) is 24.3 Å². The Hall–Kier alpha value is -3.15. The van der Waals surface area contributed by atoms with E-state index in [1.807, 2.05) is 67.1 Å². The summed E-state index contributed by atoms with van der Waals surface area (Å²) in [5.41, 5.74) is 9.83. The van der Waals surface area contributed by atoms with Gasteiger partial charge in [0.15, 0.2) is 11.8 Å². The summed E-state index contributed by atoms with van der Waals surface area (Å²) in [4.78, 5) is 8.79. The van der Waals surface area contributed by atoms with E-state index in [1.165, 1.54) is 0 Å². The predicted octanol–water partition coefficient (Wildman–Crippen LogP) is 2.81. The van der Waals surface area contributed by atoms with Crippen LogP contribution in [0, 0.1) is 13.8 Å². The van der Waals surface area contributed by atoms with Gasteiger partial charge < -0.3 is 11.1 Å². The van der Waals surface area contributed by atoms with Crippen LogP contribution in [-0.4, -0.2) is 20.7 Å². The zero-order valence-electron chi connectivity index (χ0n) is 13.8. The first-order valence-corrected chi connectivity index (χ1v) is 7.72. The average molecular weight is 320 g/mol. The Morgan fingerprint density at radius 1 is 1.17 bits per heavy atom. The molecule has 0 atom stereocenters. The van der Waals surface area contributed by atoms with E-state index < -0.39 is 0 Å². The molecular weight excluding hydrogens is 300 g/mol. The number of rotatable bonds is 4. The van der Waals surface area contributed by atoms with Gasteiger partial charge in [-0.2, -0.15) is 5.10 Å². The van der Waals surface area contributed by atoms with Gasteiger partial charge in [-0.3, -0.25) is 0 Å². The Labute approximate surface area is 141 Å². The fourth-order valence-electron chi connectivity index (χ4n) is 2.38. The minimum atomic E-state index is 0.379. The number of nitrogens with zero attached hydrogens (tertiary/aromatic N) is 4. The topological polar surface area (TPSA) is 81.1 Å². The Morgan fingerprint density at radius 3 is 2.58 bits per heavy atom. The smallest absolute Gasteiger partial charge is 0.193 e. The van der Waals surface area contributed by atoms with Crippen LogP contribution in [0.3, 0.4) is 0 Å². The lowest BCUT2D eigenvalue weighted by Gasteiger charge is -2.06. The Morgan fingerprint density at radius 2 is 1.96 bits per heavy atom. The van der Waals surface area contributed by atoms with Crippen molar-refractivity contribution in [2.24, 2.45) is 10.7 Å². The largest absolute Gasteiger partial charge is 0.370 e. The first-order valence-electron chi connectivity index (χ1n) is 7.72. The molecule has 6 nitrogen and oxygen atoms in total. The summed E-state index contributed by atoms with van der Waals surface area (Å²) in [5.74, 6) is 1.17. The van der Waals surface area contributed by atoms with Crippen molar-refractivity contribution in [3.8, 4) is 5.82 Å². The molecule has 1 aromatic carbocycles. The number of aromatic nitrogens is 3. The highest BCUT2D eigenvalue weighted by Crippen LogP contribution is 2.11. The molecule has 0 saturated carbocycles. The monoisotopic (exact) mass is 320 g/mol. The van der Waals surface area contributed by atoms with E-state index in [1.54, 1.807) is 6.20 Å². The van der Waals surface area contributed by atoms with Crippen molar-refractivity contribution in [3.05, 3.63) is 71.7 Å². The Bertz CT molecular complexity index is 834. The molecule has 0 saturated heterocycles. The van der Waals surface area contributed by atoms with Crippen LogP contribution in [0.5, 0.6) is 0 Å². The number of aliphatic imine (C=N–C) groups is 1. The van der Waals surface area contributed by atoms with Crippen molar-refractivity contribution >= 4 is 11.6 Å². The van der Waals surface area contributed by atoms with E-state index >= 15 is 0 Å². The van der Waals surface area contributed by atoms with Gasteiger partial charge in [0, 0.05) is 17.6 Å². The van der Waals surface area contributed by atoms with Crippen LogP contribution in [0.25, 0.3) is 5.82 Å². The number of benzene rings is 1. The second-order valence-electron chi connectivity index (χ2n) is 5.56. The van der Waals surface area contributed by atoms with Gasteiger partial charge in [-0.15, -0.1) is 0 Å². The normalized spacial score (nSPS) is 11.5. The third kappa shape index (κ3) is 3.78. The number of anilines is 1. The van der Waals surface area contributed by atoms with Crippen LogP contribution >= 0.6 is 0 Å². The van der Waals surface area contributed by atoms with Crippen LogP contribution < -0.4 is 11.1 Å². The van der Waals surface area contributed by atoms with Gasteiger partial charge in [0.25, 0.3) is 0 Å². The quantitative estimate of drug-likeness (QED) is 0.572. The molecule has 24 heavy (non-hydrogen) atoms. The molecule has 0 radical (unpaired) electrons. The molecule has 0 bridgehead atoms. The number of pyridine rings is 1. The summed E-state index contributed by atoms with van der Waals surface area (Å²) in [5, 5.41) is 7.48. The fourth-order valence-corrected chi connectivity index (χ4v) is 2.38. The zero-order valence-corrected chi connectivity index (χ0v) is 13.8. The van der Waals surface area contributed by atoms with Crippen molar-refractivity contribution in [3.63, 3.8) is 0 Å². The molecule has 0 aliphatic rings. The molecular formula is C18H20N6. The minimum absolute atomic E-state index is 0.379. The van der Waals surface area contributed by atoms with Crippen LogP contribution in [-0.2, 0) is 6.54 Å². The summed E-state index contributed by atoms with van der Waals surface area (Å²) >= 11 is 0. The molecule has 0 unspecified atom stereocenters. The van der Waals surface area contributed by atoms with Gasteiger partial charge in [0.1, 0.15) is 0 Å². The lowest BCUT2D eigenvalue weighted by Crippen LogP contribution is -2.22. The number of hydrogen-bond acceptors (Lipinski definition) is 3. The SMILES string of the molecule is Cc1cc(C)n(-c2ccc(CN=C(N)Nc3ccccc3)cn2)n1. The summed E-state index contributed by atoms with van der Waals surface area (Å²) < 4.78 is 1.83. The van der Waals surface area contributed by atoms with Crippen molar-refractivity contribution in [2.75, 3.05) is 5.32 Å². The molecule has 0 aliphatic carbocycles. The average Bonchev–Trinajstić information content (AvgIpc) is 2.93. The molecule has 0 aliphatic heterocycles. The summed E-state index contributed by atoms with van der Waals surface area (Å²) in [6.07, 6.45) is 1.80. The first kappa shape index (κ1) is 15.7. The van der Waals surface area contributed by atoms with E-state index in [0.29, 0.717) is 12.5 Å². The zero-order chi connectivity index (χ0) is 16.9. The van der Waals surface area contributed by atoms with Crippen molar-refractivity contribution in [2.45, 2.75) is 20.4 Å². The highest BCUT2D eigenvalue weighted by Gasteiger charge is 2.04. The molecule has 3 rings (SSSR count). The molecule has 3 aromatic rings. The highest BCUT2D eigenvalue weighted by atomic mass is 15.3. The van der Waals surface area contributed by atoms with E-state index in [0.717, 1.165) is 28.5 Å². The number of para-hydroxylation sites is 1. The standard InChI is InChI=1S/C18H20N6/c1-13-10-14(2)24(23-13)17-9-8-15(11-20-17)12-21-18(19)22-16-6-4-3-5-7-16/h3-11H,12H2,1-2H3,(H3,19,21,22). The van der Waals surface area contributed by atoms with Crippen LogP contribution in [0.1, 0.15) is 17.0 Å². The number of hydrogen-bond donors (Lipinski definition) is 2.